The summed E-state index contributed by atoms with van der Waals surface area (Å²) in [6.07, 6.45) is 7.15. The van der Waals surface area contributed by atoms with Gasteiger partial charge in [-0.2, -0.15) is 0 Å². The quantitative estimate of drug-likeness (QED) is 0.832. The molecular weight excluding hydrogens is 270 g/mol. The molecule has 2 aliphatic rings. The number of nitrogens with one attached hydrogen (secondary N) is 1. The van der Waals surface area contributed by atoms with Crippen molar-refractivity contribution in [1.82, 2.24) is 10.3 Å². The van der Waals surface area contributed by atoms with E-state index in [4.69, 9.17) is 11.6 Å². The van der Waals surface area contributed by atoms with Crippen LogP contribution in [0.3, 0.4) is 0 Å². The number of halogens is 1. The van der Waals surface area contributed by atoms with Crippen LogP contribution in [0.2, 0.25) is 5.02 Å². The second-order valence-electron chi connectivity index (χ2n) is 6.48. The topological polar surface area (TPSA) is 28.2 Å². The maximum Gasteiger partial charge on any atom is 0.129 e. The molecule has 0 radical (unpaired) electrons. The molecule has 0 aromatic carbocycles. The number of aromatic nitrogens is 1. The molecule has 0 bridgehead atoms. The Bertz CT molecular complexity index is 467. The number of pyridine rings is 1. The maximum absolute atomic E-state index is 6.28. The fourth-order valence-electron chi connectivity index (χ4n) is 2.45. The minimum Gasteiger partial charge on any atom is -0.354 e. The number of nitrogens with zero attached hydrogens (tertiary/aromatic N) is 2. The summed E-state index contributed by atoms with van der Waals surface area (Å²) in [6.45, 7) is 6.46. The summed E-state index contributed by atoms with van der Waals surface area (Å²) < 4.78 is 0. The molecule has 2 fully saturated rings. The lowest BCUT2D eigenvalue weighted by Crippen LogP contribution is -2.33. The second-order valence-corrected chi connectivity index (χ2v) is 6.89. The Morgan fingerprint density at radius 1 is 1.35 bits per heavy atom. The van der Waals surface area contributed by atoms with Gasteiger partial charge in [-0.1, -0.05) is 11.6 Å². The highest BCUT2D eigenvalue weighted by atomic mass is 35.5. The largest absolute Gasteiger partial charge is 0.354 e. The van der Waals surface area contributed by atoms with Crippen LogP contribution in [0.15, 0.2) is 12.3 Å². The first-order chi connectivity index (χ1) is 9.63. The Kier molecular flexibility index (Phi) is 4.18. The summed E-state index contributed by atoms with van der Waals surface area (Å²) in [5, 5.41) is 4.31. The molecule has 0 spiro atoms. The van der Waals surface area contributed by atoms with Gasteiger partial charge in [0.25, 0.3) is 0 Å². The zero-order chi connectivity index (χ0) is 14.1. The van der Waals surface area contributed by atoms with E-state index in [1.54, 1.807) is 0 Å². The molecule has 1 N–H and O–H groups in total. The van der Waals surface area contributed by atoms with E-state index in [0.717, 1.165) is 29.8 Å². The van der Waals surface area contributed by atoms with Gasteiger partial charge in [0.15, 0.2) is 0 Å². The zero-order valence-electron chi connectivity index (χ0n) is 12.4. The van der Waals surface area contributed by atoms with Crippen LogP contribution in [-0.2, 0) is 6.54 Å². The molecule has 1 aromatic rings. The van der Waals surface area contributed by atoms with Gasteiger partial charge in [-0.3, -0.25) is 0 Å². The molecular formula is C16H24ClN3. The third-order valence-electron chi connectivity index (χ3n) is 4.15. The van der Waals surface area contributed by atoms with Crippen molar-refractivity contribution in [3.8, 4) is 0 Å². The number of hydrogen-bond acceptors (Lipinski definition) is 3. The Balaban J connectivity index is 1.73. The molecule has 2 saturated carbocycles. The zero-order valence-corrected chi connectivity index (χ0v) is 13.2. The van der Waals surface area contributed by atoms with Gasteiger partial charge >= 0.3 is 0 Å². The van der Waals surface area contributed by atoms with E-state index < -0.39 is 0 Å². The molecule has 0 atom stereocenters. The molecule has 1 heterocycles. The van der Waals surface area contributed by atoms with Crippen molar-refractivity contribution in [2.75, 3.05) is 11.4 Å². The maximum atomic E-state index is 6.28. The summed E-state index contributed by atoms with van der Waals surface area (Å²) in [5.41, 5.74) is 1.17. The molecule has 4 heteroatoms. The average Bonchev–Trinajstić information content (AvgIpc) is 3.29. The first kappa shape index (κ1) is 14.2. The molecule has 2 aliphatic carbocycles. The predicted molar refractivity (Wildman–Crippen MR) is 84.3 cm³/mol. The number of hydrogen-bond donors (Lipinski definition) is 1. The standard InChI is InChI=1S/C16H24ClN3/c1-11(2)20(10-12-3-4-12)16-7-13(15(17)9-19-16)8-18-14-5-6-14/h7,9,11-12,14,18H,3-6,8,10H2,1-2H3. The molecule has 0 saturated heterocycles. The van der Waals surface area contributed by atoms with E-state index in [1.165, 1.54) is 31.2 Å². The van der Waals surface area contributed by atoms with Crippen molar-refractivity contribution in [3.63, 3.8) is 0 Å². The van der Waals surface area contributed by atoms with Gasteiger partial charge in [0.2, 0.25) is 0 Å². The van der Waals surface area contributed by atoms with Gasteiger partial charge in [-0.15, -0.1) is 0 Å². The highest BCUT2D eigenvalue weighted by Gasteiger charge is 2.26. The van der Waals surface area contributed by atoms with Crippen molar-refractivity contribution in [2.45, 2.75) is 58.2 Å². The van der Waals surface area contributed by atoms with Crippen molar-refractivity contribution in [1.29, 1.82) is 0 Å². The third-order valence-corrected chi connectivity index (χ3v) is 4.49. The van der Waals surface area contributed by atoms with Gasteiger partial charge in [0, 0.05) is 31.4 Å². The van der Waals surface area contributed by atoms with Crippen molar-refractivity contribution in [2.24, 2.45) is 5.92 Å². The monoisotopic (exact) mass is 293 g/mol. The average molecular weight is 294 g/mol. The van der Waals surface area contributed by atoms with Gasteiger partial charge in [-0.25, -0.2) is 4.98 Å². The van der Waals surface area contributed by atoms with Crippen LogP contribution in [0.25, 0.3) is 0 Å². The van der Waals surface area contributed by atoms with Crippen LogP contribution in [0.1, 0.15) is 45.1 Å². The minimum atomic E-state index is 0.480. The van der Waals surface area contributed by atoms with Crippen LogP contribution in [0.4, 0.5) is 5.82 Å². The van der Waals surface area contributed by atoms with E-state index in [9.17, 15) is 0 Å². The summed E-state index contributed by atoms with van der Waals surface area (Å²) in [7, 11) is 0. The van der Waals surface area contributed by atoms with Crippen LogP contribution >= 0.6 is 11.6 Å². The summed E-state index contributed by atoms with van der Waals surface area (Å²) in [4.78, 5) is 6.96. The second kappa shape index (κ2) is 5.90. The van der Waals surface area contributed by atoms with Gasteiger partial charge in [0.05, 0.1) is 5.02 Å². The Hall–Kier alpha value is -0.800. The molecule has 3 rings (SSSR count). The van der Waals surface area contributed by atoms with E-state index in [-0.39, 0.29) is 0 Å². The number of rotatable bonds is 7. The van der Waals surface area contributed by atoms with Gasteiger partial charge < -0.3 is 10.2 Å². The van der Waals surface area contributed by atoms with E-state index in [1.807, 2.05) is 6.20 Å². The van der Waals surface area contributed by atoms with Crippen molar-refractivity contribution >= 4 is 17.4 Å². The molecule has 110 valence electrons. The fraction of sp³-hybridized carbons (Fsp3) is 0.688. The first-order valence-corrected chi connectivity index (χ1v) is 8.15. The lowest BCUT2D eigenvalue weighted by Gasteiger charge is -2.28. The third kappa shape index (κ3) is 3.64. The van der Waals surface area contributed by atoms with Crippen LogP contribution in [-0.4, -0.2) is 23.6 Å². The lowest BCUT2D eigenvalue weighted by atomic mass is 10.2. The van der Waals surface area contributed by atoms with E-state index >= 15 is 0 Å². The highest BCUT2D eigenvalue weighted by Crippen LogP contribution is 2.32. The predicted octanol–water partition coefficient (Wildman–Crippen LogP) is 3.61. The first-order valence-electron chi connectivity index (χ1n) is 7.78. The SMILES string of the molecule is CC(C)N(CC1CC1)c1cc(CNC2CC2)c(Cl)cn1. The van der Waals surface area contributed by atoms with Crippen LogP contribution < -0.4 is 10.2 Å². The Labute approximate surface area is 126 Å². The normalized spacial score (nSPS) is 18.6. The van der Waals surface area contributed by atoms with Crippen molar-refractivity contribution < 1.29 is 0 Å². The molecule has 20 heavy (non-hydrogen) atoms. The minimum absolute atomic E-state index is 0.480. The van der Waals surface area contributed by atoms with Crippen LogP contribution in [0, 0.1) is 5.92 Å². The molecule has 0 amide bonds. The smallest absolute Gasteiger partial charge is 0.129 e. The van der Waals surface area contributed by atoms with E-state index in [0.29, 0.717) is 12.1 Å². The Morgan fingerprint density at radius 3 is 2.70 bits per heavy atom. The summed E-state index contributed by atoms with van der Waals surface area (Å²) in [6, 6.07) is 3.35. The lowest BCUT2D eigenvalue weighted by molar-refractivity contribution is 0.634. The van der Waals surface area contributed by atoms with Crippen LogP contribution in [0.5, 0.6) is 0 Å². The molecule has 1 aromatic heterocycles. The number of anilines is 1. The summed E-state index contributed by atoms with van der Waals surface area (Å²) in [5.74, 6) is 1.94. The van der Waals surface area contributed by atoms with Gasteiger partial charge in [0.1, 0.15) is 5.82 Å². The fourth-order valence-corrected chi connectivity index (χ4v) is 2.62. The Morgan fingerprint density at radius 2 is 2.10 bits per heavy atom. The van der Waals surface area contributed by atoms with E-state index in [2.05, 4.69) is 35.1 Å². The molecule has 0 unspecified atom stereocenters. The highest BCUT2D eigenvalue weighted by molar-refractivity contribution is 6.31. The molecule has 3 nitrogen and oxygen atoms in total. The summed E-state index contributed by atoms with van der Waals surface area (Å²) >= 11 is 6.28. The van der Waals surface area contributed by atoms with Crippen molar-refractivity contribution in [3.05, 3.63) is 22.8 Å². The molecule has 0 aliphatic heterocycles. The van der Waals surface area contributed by atoms with Gasteiger partial charge in [-0.05, 0) is 57.1 Å².